The molecular weight excluding hydrogens is 362 g/mol. The number of rotatable bonds is 18. The second-order valence-electron chi connectivity index (χ2n) is 7.93. The lowest BCUT2D eigenvalue weighted by Crippen LogP contribution is -2.05. The molecule has 0 atom stereocenters. The minimum Gasteiger partial charge on any atom is -0.317 e. The first kappa shape index (κ1) is 25.1. The molecule has 0 aliphatic carbocycles. The normalized spacial score (nSPS) is 10.9. The van der Waals surface area contributed by atoms with Crippen LogP contribution in [0.1, 0.15) is 110 Å². The maximum atomic E-state index is 11.8. The summed E-state index contributed by atoms with van der Waals surface area (Å²) in [6.07, 6.45) is 22.2. The number of benzene rings is 1. The highest BCUT2D eigenvalue weighted by atomic mass is 32.2. The topological polar surface area (TPSA) is 29.1 Å². The van der Waals surface area contributed by atoms with E-state index in [2.05, 4.69) is 12.2 Å². The van der Waals surface area contributed by atoms with Crippen molar-refractivity contribution in [2.24, 2.45) is 0 Å². The predicted molar refractivity (Wildman–Crippen MR) is 127 cm³/mol. The van der Waals surface area contributed by atoms with Crippen molar-refractivity contribution in [1.82, 2.24) is 0 Å². The first-order valence-corrected chi connectivity index (χ1v) is 12.8. The summed E-state index contributed by atoms with van der Waals surface area (Å²) in [6.45, 7) is 2.28. The molecule has 0 radical (unpaired) electrons. The molecule has 160 valence electrons. The zero-order chi connectivity index (χ0) is 20.1. The van der Waals surface area contributed by atoms with Gasteiger partial charge in [0.2, 0.25) is 0 Å². The van der Waals surface area contributed by atoms with Crippen LogP contribution in [-0.2, 0) is 0 Å². The van der Waals surface area contributed by atoms with Crippen LogP contribution in [0.15, 0.2) is 30.3 Å². The third-order valence-corrected chi connectivity index (χ3v) is 6.11. The van der Waals surface area contributed by atoms with Crippen molar-refractivity contribution in [3.63, 3.8) is 0 Å². The fourth-order valence-corrected chi connectivity index (χ4v) is 4.21. The molecule has 0 spiro atoms. The second kappa shape index (κ2) is 19.4. The van der Waals surface area contributed by atoms with Gasteiger partial charge in [-0.05, 0) is 18.6 Å². The Labute approximate surface area is 178 Å². The zero-order valence-corrected chi connectivity index (χ0v) is 19.0. The van der Waals surface area contributed by atoms with E-state index in [0.717, 1.165) is 17.9 Å². The number of anilines is 1. The van der Waals surface area contributed by atoms with Gasteiger partial charge in [-0.3, -0.25) is 4.79 Å². The van der Waals surface area contributed by atoms with E-state index in [1.54, 1.807) is 0 Å². The molecule has 2 nitrogen and oxygen atoms in total. The minimum atomic E-state index is 0.0622. The number of carbonyl (C=O) groups excluding carboxylic acids is 1. The highest BCUT2D eigenvalue weighted by Gasteiger charge is 2.02. The van der Waals surface area contributed by atoms with Gasteiger partial charge in [0, 0.05) is 11.4 Å². The Balaban J connectivity index is 1.74. The Morgan fingerprint density at radius 2 is 1.11 bits per heavy atom. The second-order valence-corrected chi connectivity index (χ2v) is 9.00. The molecule has 0 unspecified atom stereocenters. The highest BCUT2D eigenvalue weighted by molar-refractivity contribution is 8.13. The molecule has 0 bridgehead atoms. The van der Waals surface area contributed by atoms with Gasteiger partial charge in [-0.1, -0.05) is 133 Å². The monoisotopic (exact) mass is 405 g/mol. The summed E-state index contributed by atoms with van der Waals surface area (Å²) in [7, 11) is 0. The van der Waals surface area contributed by atoms with Gasteiger partial charge < -0.3 is 5.32 Å². The standard InChI is InChI=1S/C25H43NOS/c1-2-3-4-5-6-7-8-9-10-11-12-13-14-15-16-20-23-28-25(27)26-24-21-18-17-19-22-24/h17-19,21-22H,2-16,20,23H2,1H3,(H,26,27). The number of hydrogen-bond donors (Lipinski definition) is 1. The van der Waals surface area contributed by atoms with Gasteiger partial charge >= 0.3 is 0 Å². The molecule has 0 heterocycles. The fraction of sp³-hybridized carbons (Fsp3) is 0.720. The van der Waals surface area contributed by atoms with Crippen molar-refractivity contribution in [2.45, 2.75) is 110 Å². The molecule has 1 aromatic carbocycles. The molecule has 0 aliphatic heterocycles. The van der Waals surface area contributed by atoms with Gasteiger partial charge in [0.15, 0.2) is 0 Å². The molecule has 0 aromatic heterocycles. The van der Waals surface area contributed by atoms with Crippen molar-refractivity contribution >= 4 is 22.7 Å². The third-order valence-electron chi connectivity index (χ3n) is 5.25. The number of para-hydroxylation sites is 1. The van der Waals surface area contributed by atoms with Crippen LogP contribution in [0.3, 0.4) is 0 Å². The SMILES string of the molecule is CCCCCCCCCCCCCCCCCCSC(=O)Nc1ccccc1. The van der Waals surface area contributed by atoms with Crippen molar-refractivity contribution in [1.29, 1.82) is 0 Å². The van der Waals surface area contributed by atoms with E-state index in [4.69, 9.17) is 0 Å². The van der Waals surface area contributed by atoms with E-state index >= 15 is 0 Å². The lowest BCUT2D eigenvalue weighted by atomic mass is 10.0. The Kier molecular flexibility index (Phi) is 17.3. The fourth-order valence-electron chi connectivity index (χ4n) is 3.49. The average molecular weight is 406 g/mol. The Morgan fingerprint density at radius 1 is 0.679 bits per heavy atom. The largest absolute Gasteiger partial charge is 0.317 e. The van der Waals surface area contributed by atoms with E-state index < -0.39 is 0 Å². The van der Waals surface area contributed by atoms with E-state index in [-0.39, 0.29) is 5.24 Å². The van der Waals surface area contributed by atoms with Crippen molar-refractivity contribution < 1.29 is 4.79 Å². The molecule has 1 aromatic rings. The number of nitrogens with one attached hydrogen (secondary N) is 1. The molecule has 1 N–H and O–H groups in total. The minimum absolute atomic E-state index is 0.0622. The average Bonchev–Trinajstić information content (AvgIpc) is 2.71. The van der Waals surface area contributed by atoms with Crippen LogP contribution in [-0.4, -0.2) is 11.0 Å². The highest BCUT2D eigenvalue weighted by Crippen LogP contribution is 2.16. The molecule has 1 amide bonds. The van der Waals surface area contributed by atoms with Crippen LogP contribution in [0.25, 0.3) is 0 Å². The van der Waals surface area contributed by atoms with Gasteiger partial charge in [0.05, 0.1) is 0 Å². The molecular formula is C25H43NOS. The Bertz CT molecular complexity index is 463. The van der Waals surface area contributed by atoms with Gasteiger partial charge in [0.25, 0.3) is 5.24 Å². The van der Waals surface area contributed by atoms with Gasteiger partial charge in [-0.2, -0.15) is 0 Å². The number of hydrogen-bond acceptors (Lipinski definition) is 2. The van der Waals surface area contributed by atoms with Crippen LogP contribution < -0.4 is 5.32 Å². The van der Waals surface area contributed by atoms with Crippen LogP contribution in [0, 0.1) is 0 Å². The summed E-state index contributed by atoms with van der Waals surface area (Å²) in [5.41, 5.74) is 0.881. The molecule has 0 saturated heterocycles. The molecule has 0 fully saturated rings. The molecule has 0 aliphatic rings. The molecule has 1 rings (SSSR count). The van der Waals surface area contributed by atoms with Gasteiger partial charge in [-0.15, -0.1) is 0 Å². The summed E-state index contributed by atoms with van der Waals surface area (Å²) in [5.74, 6) is 0.928. The van der Waals surface area contributed by atoms with Crippen LogP contribution in [0.2, 0.25) is 0 Å². The summed E-state index contributed by atoms with van der Waals surface area (Å²) in [6, 6.07) is 9.69. The van der Waals surface area contributed by atoms with Crippen LogP contribution in [0.4, 0.5) is 10.5 Å². The number of unbranched alkanes of at least 4 members (excludes halogenated alkanes) is 15. The number of amides is 1. The molecule has 28 heavy (non-hydrogen) atoms. The summed E-state index contributed by atoms with van der Waals surface area (Å²) < 4.78 is 0. The van der Waals surface area contributed by atoms with Gasteiger partial charge in [0.1, 0.15) is 0 Å². The predicted octanol–water partition coefficient (Wildman–Crippen LogP) is 9.21. The van der Waals surface area contributed by atoms with Crippen molar-refractivity contribution in [3.05, 3.63) is 30.3 Å². The lowest BCUT2D eigenvalue weighted by molar-refractivity contribution is 0.269. The Morgan fingerprint density at radius 3 is 1.57 bits per heavy atom. The summed E-state index contributed by atoms with van der Waals surface area (Å²) in [4.78, 5) is 11.8. The summed E-state index contributed by atoms with van der Waals surface area (Å²) in [5, 5.41) is 2.98. The quantitative estimate of drug-likeness (QED) is 0.247. The van der Waals surface area contributed by atoms with E-state index in [9.17, 15) is 4.79 Å². The molecule has 0 saturated carbocycles. The first-order chi connectivity index (χ1) is 13.8. The van der Waals surface area contributed by atoms with E-state index in [1.165, 1.54) is 108 Å². The van der Waals surface area contributed by atoms with E-state index in [1.807, 2.05) is 30.3 Å². The zero-order valence-electron chi connectivity index (χ0n) is 18.2. The number of carbonyl (C=O) groups is 1. The Hall–Kier alpha value is -0.960. The summed E-state index contributed by atoms with van der Waals surface area (Å²) >= 11 is 1.41. The maximum Gasteiger partial charge on any atom is 0.283 e. The van der Waals surface area contributed by atoms with Crippen molar-refractivity contribution in [2.75, 3.05) is 11.1 Å². The lowest BCUT2D eigenvalue weighted by Gasteiger charge is -2.05. The van der Waals surface area contributed by atoms with Gasteiger partial charge in [-0.25, -0.2) is 0 Å². The molecule has 3 heteroatoms. The smallest absolute Gasteiger partial charge is 0.283 e. The van der Waals surface area contributed by atoms with Crippen LogP contribution >= 0.6 is 11.8 Å². The first-order valence-electron chi connectivity index (χ1n) is 11.8. The maximum absolute atomic E-state index is 11.8. The number of thioether (sulfide) groups is 1. The van der Waals surface area contributed by atoms with Crippen molar-refractivity contribution in [3.8, 4) is 0 Å². The van der Waals surface area contributed by atoms with E-state index in [0.29, 0.717) is 0 Å². The van der Waals surface area contributed by atoms with Crippen LogP contribution in [0.5, 0.6) is 0 Å². The third kappa shape index (κ3) is 16.0.